The summed E-state index contributed by atoms with van der Waals surface area (Å²) in [5, 5.41) is 0.707. The van der Waals surface area contributed by atoms with Gasteiger partial charge in [-0.05, 0) is 151 Å². The van der Waals surface area contributed by atoms with Gasteiger partial charge < -0.3 is 14.5 Å². The highest BCUT2D eigenvalue weighted by Crippen LogP contribution is 2.54. The van der Waals surface area contributed by atoms with Gasteiger partial charge in [-0.3, -0.25) is 4.57 Å². The van der Waals surface area contributed by atoms with Crippen LogP contribution in [0.5, 0.6) is 11.5 Å². The maximum Gasteiger partial charge on any atom is 0.137 e. The van der Waals surface area contributed by atoms with Gasteiger partial charge in [0.25, 0.3) is 0 Å². The van der Waals surface area contributed by atoms with Crippen LogP contribution < -0.4 is 14.5 Å². The van der Waals surface area contributed by atoms with Gasteiger partial charge in [-0.15, -0.1) is 0 Å². The molecule has 5 heteroatoms. The van der Waals surface area contributed by atoms with E-state index in [0.29, 0.717) is 78.4 Å². The second kappa shape index (κ2) is 19.6. The first-order valence-corrected chi connectivity index (χ1v) is 27.6. The normalized spacial score (nSPS) is 17.6. The fourth-order valence-corrected chi connectivity index (χ4v) is 11.6. The molecule has 0 saturated carbocycles. The molecule has 0 fully saturated rings. The lowest BCUT2D eigenvalue weighted by Crippen LogP contribution is -2.33. The highest BCUT2D eigenvalue weighted by molar-refractivity contribution is 6.09. The maximum atomic E-state index is 10.5. The number of hydrogen-bond donors (Lipinski definition) is 0. The van der Waals surface area contributed by atoms with Crippen LogP contribution >= 0.6 is 0 Å². The van der Waals surface area contributed by atoms with Crippen molar-refractivity contribution in [2.24, 2.45) is 0 Å². The molecule has 9 aromatic carbocycles. The molecule has 81 heavy (non-hydrogen) atoms. The second-order valence-corrected chi connectivity index (χ2v) is 24.7. The monoisotopic (exact) mass is 1070 g/mol. The van der Waals surface area contributed by atoms with Crippen LogP contribution in [0.15, 0.2) is 218 Å². The molecule has 1 aliphatic heterocycles. The van der Waals surface area contributed by atoms with Crippen molar-refractivity contribution in [3.63, 3.8) is 0 Å². The van der Waals surface area contributed by atoms with Crippen molar-refractivity contribution in [3.05, 3.63) is 240 Å². The Labute approximate surface area is 501 Å². The number of aromatic nitrogens is 2. The summed E-state index contributed by atoms with van der Waals surface area (Å²) in [5.74, 6) is 0.967. The van der Waals surface area contributed by atoms with Crippen molar-refractivity contribution in [2.75, 3.05) is 16.5 Å². The molecule has 0 spiro atoms. The van der Waals surface area contributed by atoms with Gasteiger partial charge in [0.15, 0.2) is 0 Å². The van der Waals surface area contributed by atoms with Crippen LogP contribution in [0.4, 0.5) is 22.7 Å². The molecule has 0 bridgehead atoms. The van der Waals surface area contributed by atoms with Crippen LogP contribution in [0, 0.1) is 0 Å². The highest BCUT2D eigenvalue weighted by Gasteiger charge is 2.38. The summed E-state index contributed by atoms with van der Waals surface area (Å²) in [5.41, 5.74) is 5.62. The van der Waals surface area contributed by atoms with Gasteiger partial charge >= 0.3 is 0 Å². The zero-order chi connectivity index (χ0) is 69.9. The zero-order valence-electron chi connectivity index (χ0n) is 63.4. The third-order valence-electron chi connectivity index (χ3n) is 16.2. The van der Waals surface area contributed by atoms with Crippen molar-refractivity contribution in [1.82, 2.24) is 9.55 Å². The fourth-order valence-electron chi connectivity index (χ4n) is 11.6. The first kappa shape index (κ1) is 36.6. The number of benzene rings is 9. The van der Waals surface area contributed by atoms with Crippen LogP contribution in [-0.2, 0) is 21.7 Å². The van der Waals surface area contributed by atoms with Crippen LogP contribution in [0.3, 0.4) is 0 Å². The molecule has 11 aromatic rings. The van der Waals surface area contributed by atoms with Crippen LogP contribution in [-0.4, -0.2) is 16.2 Å². The van der Waals surface area contributed by atoms with Crippen LogP contribution in [0.25, 0.3) is 72.1 Å². The largest absolute Gasteiger partial charge is 0.457 e. The minimum atomic E-state index is -0.716. The number of pyridine rings is 1. The highest BCUT2D eigenvalue weighted by atomic mass is 16.5. The molecular formula is C76H72N4O. The molecule has 0 N–H and O–H groups in total. The topological polar surface area (TPSA) is 33.5 Å². The molecule has 2 aliphatic rings. The predicted octanol–water partition coefficient (Wildman–Crippen LogP) is 20.8. The lowest BCUT2D eigenvalue weighted by molar-refractivity contribution is 0.332. The van der Waals surface area contributed by atoms with E-state index in [1.807, 2.05) is 114 Å². The van der Waals surface area contributed by atoms with E-state index in [1.165, 1.54) is 6.20 Å². The van der Waals surface area contributed by atoms with Crippen molar-refractivity contribution < 1.29 is 26.7 Å². The number of ether oxygens (including phenoxy) is 1. The Morgan fingerprint density at radius 3 is 1.89 bits per heavy atom. The molecule has 3 heterocycles. The van der Waals surface area contributed by atoms with E-state index in [9.17, 15) is 12.3 Å². The summed E-state index contributed by atoms with van der Waals surface area (Å²) >= 11 is 0. The molecule has 1 aliphatic carbocycles. The Balaban J connectivity index is 0.991. The van der Waals surface area contributed by atoms with E-state index < -0.39 is 64.0 Å². The van der Waals surface area contributed by atoms with E-state index in [1.54, 1.807) is 47.0 Å². The molecule has 0 atom stereocenters. The number of fused-ring (bicyclic) bond motifs is 5. The molecule has 5 nitrogen and oxygen atoms in total. The Morgan fingerprint density at radius 2 is 1.15 bits per heavy atom. The minimum Gasteiger partial charge on any atom is -0.457 e. The molecule has 402 valence electrons. The average molecular weight is 1070 g/mol. The van der Waals surface area contributed by atoms with E-state index >= 15 is 0 Å². The first-order chi connectivity index (χ1) is 45.6. The van der Waals surface area contributed by atoms with E-state index in [0.717, 1.165) is 24.1 Å². The van der Waals surface area contributed by atoms with Gasteiger partial charge in [-0.2, -0.15) is 0 Å². The number of para-hydroxylation sites is 3. The zero-order valence-corrected chi connectivity index (χ0v) is 47.4. The van der Waals surface area contributed by atoms with Gasteiger partial charge in [0.2, 0.25) is 0 Å². The number of rotatable bonds is 9. The van der Waals surface area contributed by atoms with Crippen molar-refractivity contribution in [3.8, 4) is 61.8 Å². The van der Waals surface area contributed by atoms with Gasteiger partial charge in [0.05, 0.1) is 50.0 Å². The lowest BCUT2D eigenvalue weighted by atomic mass is 9.63. The number of anilines is 4. The van der Waals surface area contributed by atoms with Gasteiger partial charge in [-0.1, -0.05) is 202 Å². The summed E-state index contributed by atoms with van der Waals surface area (Å²) in [7, 11) is 0. The third-order valence-corrected chi connectivity index (χ3v) is 16.2. The molecule has 0 unspecified atom stereocenters. The van der Waals surface area contributed by atoms with E-state index in [-0.39, 0.29) is 100 Å². The quantitative estimate of drug-likeness (QED) is 0.144. The summed E-state index contributed by atoms with van der Waals surface area (Å²) in [6.45, 7) is 20.4. The SMILES string of the molecule is [2H]c1c([2H])c([2H])c(-c2cnc(-n3c4cc(Oc5cccc(N6CN(c7c(-c8c([2H])c([2H])c([2H])c(-c9ccccc9)c8[2H])cc(C(C)(C)C)cc7-c7c([2H])c([2H])c8c(c7[2H])C(C)(C)CCC8(C)C)c7ccccc76)c5)ccc4c4c([2H])c([2H])c([2H])c([2H])c43)cc2C(C)(C)C)c([2H])c1[2H]. The summed E-state index contributed by atoms with van der Waals surface area (Å²) < 4.78 is 157. The number of hydrogen-bond acceptors (Lipinski definition) is 4. The second-order valence-electron chi connectivity index (χ2n) is 24.7. The summed E-state index contributed by atoms with van der Waals surface area (Å²) in [6, 6.07) is 30.3. The van der Waals surface area contributed by atoms with Crippen molar-refractivity contribution in [2.45, 2.75) is 104 Å². The van der Waals surface area contributed by atoms with Crippen molar-refractivity contribution in [1.29, 1.82) is 0 Å². The first-order valence-electron chi connectivity index (χ1n) is 35.6. The van der Waals surface area contributed by atoms with E-state index in [2.05, 4.69) is 37.5 Å². The van der Waals surface area contributed by atoms with E-state index in [4.69, 9.17) is 19.3 Å². The summed E-state index contributed by atoms with van der Waals surface area (Å²) in [6.07, 6.45) is 2.96. The Morgan fingerprint density at radius 1 is 0.494 bits per heavy atom. The minimum absolute atomic E-state index is 0.0264. The molecule has 13 rings (SSSR count). The summed E-state index contributed by atoms with van der Waals surface area (Å²) in [4.78, 5) is 9.02. The lowest BCUT2D eigenvalue weighted by Gasteiger charge is -2.42. The molecule has 0 amide bonds. The Kier molecular flexibility index (Phi) is 8.83. The standard InChI is InChI=1S/C76H72N4O/c1-73(2,3)55-43-61(53-28-21-27-52(41-53)50-23-13-11-14-24-50)72(62(44-55)54-35-38-64-66(42-54)76(9,10)40-39-75(64,7)8)79-49-78(68-33-19-20-34-69(68)79)56-29-22-30-57(45-56)81-58-36-37-60-59-31-17-18-32-67(59)80(70(60)46-58)71-47-65(74(4,5)6)63(48-77-71)51-25-15-12-16-26-51/h11-38,41-48H,39-40,49H2,1-10H3/i12D,15D,16D,17D,18D,21D,25D,26D,27D,28D,31D,32D,35D,38D,41D,42D. The smallest absolute Gasteiger partial charge is 0.137 e. The predicted molar refractivity (Wildman–Crippen MR) is 342 cm³/mol. The van der Waals surface area contributed by atoms with Crippen molar-refractivity contribution >= 4 is 44.6 Å². The van der Waals surface area contributed by atoms with Gasteiger partial charge in [0, 0.05) is 51.5 Å². The van der Waals surface area contributed by atoms with Gasteiger partial charge in [0.1, 0.15) is 24.0 Å². The third kappa shape index (κ3) is 9.37. The number of nitrogens with zero attached hydrogens (tertiary/aromatic N) is 4. The van der Waals surface area contributed by atoms with Crippen LogP contribution in [0.1, 0.15) is 126 Å². The van der Waals surface area contributed by atoms with Crippen LogP contribution in [0.2, 0.25) is 0 Å². The molecule has 2 aromatic heterocycles. The Hall–Kier alpha value is -8.67. The molecule has 0 radical (unpaired) electrons. The molecule has 0 saturated heterocycles. The average Bonchev–Trinajstić information content (AvgIpc) is 1.65. The molecular weight excluding hydrogens is 985 g/mol. The Bertz CT molecular complexity index is 5150. The maximum absolute atomic E-state index is 10.5. The fraction of sp³-hybridized carbons (Fsp3) is 0.224. The van der Waals surface area contributed by atoms with Gasteiger partial charge in [-0.25, -0.2) is 4.98 Å².